The number of hydrogen-bond donors (Lipinski definition) is 0. The van der Waals surface area contributed by atoms with Gasteiger partial charge in [0, 0.05) is 5.56 Å². The molecule has 0 atom stereocenters. The lowest BCUT2D eigenvalue weighted by molar-refractivity contribution is -0.256. The van der Waals surface area contributed by atoms with Crippen LogP contribution in [0.5, 0.6) is 0 Å². The van der Waals surface area contributed by atoms with Gasteiger partial charge >= 0.3 is 0 Å². The normalized spacial score (nSPS) is 10.3. The van der Waals surface area contributed by atoms with Crippen molar-refractivity contribution in [2.45, 2.75) is 0 Å². The number of benzene rings is 2. The molecule has 6 nitrogen and oxygen atoms in total. The molecule has 0 aliphatic carbocycles. The van der Waals surface area contributed by atoms with Crippen molar-refractivity contribution >= 4 is 28.7 Å². The van der Waals surface area contributed by atoms with Crippen LogP contribution in [-0.2, 0) is 0 Å². The molecule has 0 fully saturated rings. The number of fused-ring (bicyclic) bond motifs is 1. The van der Waals surface area contributed by atoms with Crippen LogP contribution in [-0.4, -0.2) is 17.9 Å². The minimum atomic E-state index is -1.61. The number of rotatable bonds is 3. The molecule has 0 heterocycles. The Hall–Kier alpha value is -2.89. The van der Waals surface area contributed by atoms with Gasteiger partial charge in [0.1, 0.15) is 0 Å². The Morgan fingerprint density at radius 3 is 1.89 bits per heavy atom. The Balaban J connectivity index is 2.83. The Morgan fingerprint density at radius 1 is 0.737 bits per heavy atom. The lowest BCUT2D eigenvalue weighted by Crippen LogP contribution is -2.26. The summed E-state index contributed by atoms with van der Waals surface area (Å²) in [6.07, 6.45) is 0. The van der Waals surface area contributed by atoms with E-state index in [0.717, 1.165) is 12.1 Å². The Kier molecular flexibility index (Phi) is 2.92. The van der Waals surface area contributed by atoms with Crippen LogP contribution in [0.3, 0.4) is 0 Å². The smallest absolute Gasteiger partial charge is 0.0721 e. The molecule has 0 saturated heterocycles. The fourth-order valence-electron chi connectivity index (χ4n) is 1.77. The van der Waals surface area contributed by atoms with Gasteiger partial charge in [-0.05, 0) is 40.1 Å². The van der Waals surface area contributed by atoms with E-state index in [1.807, 2.05) is 0 Å². The van der Waals surface area contributed by atoms with E-state index >= 15 is 0 Å². The number of aromatic carboxylic acids is 3. The van der Waals surface area contributed by atoms with E-state index in [0.29, 0.717) is 0 Å². The quantitative estimate of drug-likeness (QED) is 0.622. The number of hydrogen-bond acceptors (Lipinski definition) is 6. The molecule has 0 unspecified atom stereocenters. The van der Waals surface area contributed by atoms with E-state index < -0.39 is 23.5 Å². The van der Waals surface area contributed by atoms with Gasteiger partial charge in [-0.25, -0.2) is 0 Å². The van der Waals surface area contributed by atoms with Crippen LogP contribution >= 0.6 is 0 Å². The molecule has 0 spiro atoms. The summed E-state index contributed by atoms with van der Waals surface area (Å²) in [6.45, 7) is 0. The van der Waals surface area contributed by atoms with Gasteiger partial charge in [-0.15, -0.1) is 0 Å². The molecule has 0 N–H and O–H groups in total. The molecule has 2 aromatic rings. The molecule has 0 radical (unpaired) electrons. The summed E-state index contributed by atoms with van der Waals surface area (Å²) in [5.41, 5.74) is -0.955. The summed E-state index contributed by atoms with van der Waals surface area (Å²) < 4.78 is 0. The predicted octanol–water partition coefficient (Wildman–Crippen LogP) is -2.07. The van der Waals surface area contributed by atoms with Gasteiger partial charge in [-0.2, -0.15) is 0 Å². The van der Waals surface area contributed by atoms with Crippen molar-refractivity contribution in [3.8, 4) is 0 Å². The first-order valence-corrected chi connectivity index (χ1v) is 5.12. The highest BCUT2D eigenvalue weighted by Crippen LogP contribution is 2.22. The summed E-state index contributed by atoms with van der Waals surface area (Å²) >= 11 is 0. The Labute approximate surface area is 106 Å². The van der Waals surface area contributed by atoms with Crippen LogP contribution in [0, 0.1) is 0 Å². The number of carbonyl (C=O) groups is 3. The van der Waals surface area contributed by atoms with Crippen LogP contribution in [0.15, 0.2) is 30.3 Å². The van der Waals surface area contributed by atoms with E-state index in [-0.39, 0.29) is 21.9 Å². The fourth-order valence-corrected chi connectivity index (χ4v) is 1.77. The van der Waals surface area contributed by atoms with Crippen molar-refractivity contribution in [1.29, 1.82) is 0 Å². The summed E-state index contributed by atoms with van der Waals surface area (Å²) in [6, 6.07) is 5.63. The maximum atomic E-state index is 11.0. The highest BCUT2D eigenvalue weighted by molar-refractivity contribution is 6.07. The fraction of sp³-hybridized carbons (Fsp3) is 0. The average molecular weight is 257 g/mol. The maximum absolute atomic E-state index is 11.0. The first kappa shape index (κ1) is 12.6. The third-order valence-corrected chi connectivity index (χ3v) is 2.65. The van der Waals surface area contributed by atoms with Crippen LogP contribution in [0.1, 0.15) is 31.1 Å². The minimum Gasteiger partial charge on any atom is -0.545 e. The molecular formula is C13H5O6-3. The molecular weight excluding hydrogens is 252 g/mol. The first-order chi connectivity index (χ1) is 8.90. The van der Waals surface area contributed by atoms with Crippen molar-refractivity contribution in [3.63, 3.8) is 0 Å². The monoisotopic (exact) mass is 257 g/mol. The molecule has 0 saturated carbocycles. The zero-order chi connectivity index (χ0) is 14.2. The van der Waals surface area contributed by atoms with Crippen molar-refractivity contribution in [1.82, 2.24) is 0 Å². The van der Waals surface area contributed by atoms with Gasteiger partial charge < -0.3 is 29.7 Å². The third-order valence-electron chi connectivity index (χ3n) is 2.65. The van der Waals surface area contributed by atoms with Gasteiger partial charge in [0.15, 0.2) is 0 Å². The Bertz CT molecular complexity index is 716. The molecule has 2 aromatic carbocycles. The minimum absolute atomic E-state index is 0.0618. The third kappa shape index (κ3) is 2.23. The number of carboxylic acids is 3. The van der Waals surface area contributed by atoms with Crippen LogP contribution < -0.4 is 15.3 Å². The van der Waals surface area contributed by atoms with E-state index in [4.69, 9.17) is 0 Å². The summed E-state index contributed by atoms with van der Waals surface area (Å²) in [7, 11) is 0. The maximum Gasteiger partial charge on any atom is 0.0721 e. The first-order valence-electron chi connectivity index (χ1n) is 5.12. The predicted molar refractivity (Wildman–Crippen MR) is 56.9 cm³/mol. The van der Waals surface area contributed by atoms with Gasteiger partial charge in [0.05, 0.1) is 17.9 Å². The van der Waals surface area contributed by atoms with Crippen LogP contribution in [0.2, 0.25) is 0 Å². The van der Waals surface area contributed by atoms with Crippen LogP contribution in [0.4, 0.5) is 0 Å². The SMILES string of the molecule is O=C([O-])c1cc(C(=O)[O-])c2cc(C(=O)[O-])ccc2c1. The standard InChI is InChI=1S/C13H8O6/c14-11(15)7-2-1-6-3-8(12(16)17)5-10(13(18)19)9(6)4-7/h1-5H,(H,14,15)(H,16,17)(H,18,19)/p-3. The summed E-state index contributed by atoms with van der Waals surface area (Å²) in [5.74, 6) is -4.60. The highest BCUT2D eigenvalue weighted by atomic mass is 16.4. The van der Waals surface area contributed by atoms with E-state index in [1.165, 1.54) is 18.2 Å². The molecule has 19 heavy (non-hydrogen) atoms. The van der Waals surface area contributed by atoms with Gasteiger partial charge in [-0.1, -0.05) is 12.1 Å². The second-order valence-corrected chi connectivity index (χ2v) is 3.82. The van der Waals surface area contributed by atoms with E-state index in [9.17, 15) is 29.7 Å². The summed E-state index contributed by atoms with van der Waals surface area (Å²) in [5, 5.41) is 32.8. The zero-order valence-corrected chi connectivity index (χ0v) is 9.34. The topological polar surface area (TPSA) is 120 Å². The van der Waals surface area contributed by atoms with Gasteiger partial charge in [0.25, 0.3) is 0 Å². The summed E-state index contributed by atoms with van der Waals surface area (Å²) in [4.78, 5) is 32.5. The zero-order valence-electron chi connectivity index (χ0n) is 9.34. The van der Waals surface area contributed by atoms with Crippen molar-refractivity contribution in [2.75, 3.05) is 0 Å². The number of carbonyl (C=O) groups excluding carboxylic acids is 3. The molecule has 96 valence electrons. The highest BCUT2D eigenvalue weighted by Gasteiger charge is 2.07. The van der Waals surface area contributed by atoms with Crippen molar-refractivity contribution < 1.29 is 29.7 Å². The number of carboxylic acid groups (broad SMARTS) is 3. The molecule has 0 aromatic heterocycles. The molecule has 0 aliphatic rings. The molecule has 0 amide bonds. The van der Waals surface area contributed by atoms with Crippen LogP contribution in [0.25, 0.3) is 10.8 Å². The van der Waals surface area contributed by atoms with E-state index in [2.05, 4.69) is 0 Å². The average Bonchev–Trinajstić information content (AvgIpc) is 2.36. The van der Waals surface area contributed by atoms with Crippen molar-refractivity contribution in [3.05, 3.63) is 47.0 Å². The van der Waals surface area contributed by atoms with E-state index in [1.54, 1.807) is 0 Å². The molecule has 6 heteroatoms. The molecule has 0 aliphatic heterocycles. The molecule has 2 rings (SSSR count). The lowest BCUT2D eigenvalue weighted by atomic mass is 9.99. The Morgan fingerprint density at radius 2 is 1.37 bits per heavy atom. The van der Waals surface area contributed by atoms with Gasteiger partial charge in [0.2, 0.25) is 0 Å². The van der Waals surface area contributed by atoms with Crippen molar-refractivity contribution in [2.24, 2.45) is 0 Å². The largest absolute Gasteiger partial charge is 0.545 e. The lowest BCUT2D eigenvalue weighted by Gasteiger charge is -2.13. The van der Waals surface area contributed by atoms with Gasteiger partial charge in [-0.3, -0.25) is 0 Å². The second-order valence-electron chi connectivity index (χ2n) is 3.82. The second kappa shape index (κ2) is 4.41. The molecule has 0 bridgehead atoms.